The van der Waals surface area contributed by atoms with Crippen molar-refractivity contribution in [2.75, 3.05) is 0 Å². The summed E-state index contributed by atoms with van der Waals surface area (Å²) in [5.74, 6) is 0.415. The molecule has 0 aromatic heterocycles. The topological polar surface area (TPSA) is 80.9 Å². The monoisotopic (exact) mass is 298 g/mol. The van der Waals surface area contributed by atoms with Crippen molar-refractivity contribution in [2.24, 2.45) is 11.3 Å². The van der Waals surface area contributed by atoms with Crippen LogP contribution in [0.1, 0.15) is 60.3 Å². The molecule has 2 bridgehead atoms. The zero-order chi connectivity index (χ0) is 16.6. The Hall–Kier alpha value is -0.355. The van der Waals surface area contributed by atoms with E-state index >= 15 is 0 Å². The lowest BCUT2D eigenvalue weighted by atomic mass is 9.41. The second-order valence-electron chi connectivity index (χ2n) is 7.51. The van der Waals surface area contributed by atoms with Gasteiger partial charge in [0.05, 0.1) is 11.2 Å². The van der Waals surface area contributed by atoms with Crippen molar-refractivity contribution in [1.29, 1.82) is 0 Å². The highest BCUT2D eigenvalue weighted by atomic mass is 16.4. The summed E-state index contributed by atoms with van der Waals surface area (Å²) in [4.78, 5) is 0. The normalized spacial score (nSPS) is 37.7. The fraction of sp³-hybridized carbons (Fsp3) is 0.875. The molecule has 4 N–H and O–H groups in total. The highest BCUT2D eigenvalue weighted by molar-refractivity contribution is 6.44. The lowest BCUT2D eigenvalue weighted by Crippen LogP contribution is -2.74. The van der Waals surface area contributed by atoms with E-state index in [0.29, 0.717) is 5.92 Å². The Labute approximate surface area is 129 Å². The van der Waals surface area contributed by atoms with Gasteiger partial charge in [-0.15, -0.1) is 6.58 Å². The third-order valence-corrected chi connectivity index (χ3v) is 6.04. The van der Waals surface area contributed by atoms with Gasteiger partial charge in [-0.2, -0.15) is 0 Å². The SMILES string of the molecule is C=C(CC)C(C)B(O)O.CC1(O)CCC2C[C@]1(O)C2(C)C. The molecule has 3 aliphatic carbocycles. The van der Waals surface area contributed by atoms with Crippen LogP contribution >= 0.6 is 0 Å². The molecule has 4 nitrogen and oxygen atoms in total. The van der Waals surface area contributed by atoms with Crippen molar-refractivity contribution >= 4 is 7.12 Å². The van der Waals surface area contributed by atoms with Gasteiger partial charge in [0.25, 0.3) is 0 Å². The number of hydrogen-bond donors (Lipinski definition) is 4. The molecule has 3 fully saturated rings. The van der Waals surface area contributed by atoms with Crippen LogP contribution < -0.4 is 0 Å². The van der Waals surface area contributed by atoms with E-state index < -0.39 is 18.3 Å². The van der Waals surface area contributed by atoms with E-state index in [9.17, 15) is 10.2 Å². The summed E-state index contributed by atoms with van der Waals surface area (Å²) in [6.45, 7) is 13.3. The van der Waals surface area contributed by atoms with Crippen LogP contribution in [0.5, 0.6) is 0 Å². The Bertz CT molecular complexity index is 382. The average Bonchev–Trinajstić information content (AvgIpc) is 2.40. The van der Waals surface area contributed by atoms with E-state index in [4.69, 9.17) is 10.0 Å². The summed E-state index contributed by atoms with van der Waals surface area (Å²) < 4.78 is 0. The maximum absolute atomic E-state index is 10.2. The van der Waals surface area contributed by atoms with Gasteiger partial charge in [-0.3, -0.25) is 0 Å². The maximum Gasteiger partial charge on any atom is 0.458 e. The molecular weight excluding hydrogens is 267 g/mol. The van der Waals surface area contributed by atoms with Crippen LogP contribution in [0.25, 0.3) is 0 Å². The second kappa shape index (κ2) is 6.03. The molecule has 21 heavy (non-hydrogen) atoms. The van der Waals surface area contributed by atoms with Crippen molar-refractivity contribution in [1.82, 2.24) is 0 Å². The van der Waals surface area contributed by atoms with Gasteiger partial charge in [-0.1, -0.05) is 33.3 Å². The Kier molecular flexibility index (Phi) is 5.37. The van der Waals surface area contributed by atoms with Gasteiger partial charge >= 0.3 is 7.12 Å². The Morgan fingerprint density at radius 3 is 2.05 bits per heavy atom. The number of aliphatic hydroxyl groups is 2. The van der Waals surface area contributed by atoms with Crippen LogP contribution in [0.2, 0.25) is 5.82 Å². The first-order chi connectivity index (χ1) is 9.40. The lowest BCUT2D eigenvalue weighted by Gasteiger charge is -2.68. The predicted molar refractivity (Wildman–Crippen MR) is 85.7 cm³/mol. The average molecular weight is 298 g/mol. The molecule has 0 amide bonds. The van der Waals surface area contributed by atoms with Gasteiger partial charge in [-0.05, 0) is 43.9 Å². The highest BCUT2D eigenvalue weighted by Gasteiger charge is 2.69. The summed E-state index contributed by atoms with van der Waals surface area (Å²) in [5, 5.41) is 37.5. The van der Waals surface area contributed by atoms with Gasteiger partial charge in [0.2, 0.25) is 0 Å². The minimum atomic E-state index is -1.25. The first-order valence-electron chi connectivity index (χ1n) is 7.89. The molecular formula is C16H31BO4. The third kappa shape index (κ3) is 3.07. The fourth-order valence-electron chi connectivity index (χ4n) is 3.65. The van der Waals surface area contributed by atoms with Gasteiger partial charge in [-0.25, -0.2) is 0 Å². The zero-order valence-electron chi connectivity index (χ0n) is 14.1. The molecule has 0 radical (unpaired) electrons. The number of hydrogen-bond acceptors (Lipinski definition) is 4. The van der Waals surface area contributed by atoms with E-state index in [1.165, 1.54) is 0 Å². The lowest BCUT2D eigenvalue weighted by molar-refractivity contribution is -0.312. The molecule has 0 aliphatic heterocycles. The summed E-state index contributed by atoms with van der Waals surface area (Å²) >= 11 is 0. The minimum absolute atomic E-state index is 0.0885. The smallest absolute Gasteiger partial charge is 0.427 e. The Morgan fingerprint density at radius 1 is 1.29 bits per heavy atom. The molecule has 3 rings (SSSR count). The second-order valence-corrected chi connectivity index (χ2v) is 7.51. The van der Waals surface area contributed by atoms with E-state index in [0.717, 1.165) is 31.3 Å². The molecule has 3 saturated carbocycles. The molecule has 5 heteroatoms. The van der Waals surface area contributed by atoms with E-state index in [2.05, 4.69) is 20.4 Å². The molecule has 0 aromatic rings. The molecule has 0 saturated heterocycles. The highest BCUT2D eigenvalue weighted by Crippen LogP contribution is 2.65. The first-order valence-corrected chi connectivity index (χ1v) is 7.89. The Balaban J connectivity index is 0.000000222. The molecule has 0 spiro atoms. The molecule has 3 unspecified atom stereocenters. The van der Waals surface area contributed by atoms with Crippen LogP contribution in [0.4, 0.5) is 0 Å². The van der Waals surface area contributed by atoms with Gasteiger partial charge in [0.1, 0.15) is 0 Å². The van der Waals surface area contributed by atoms with Crippen LogP contribution in [-0.4, -0.2) is 38.6 Å². The van der Waals surface area contributed by atoms with Crippen LogP contribution in [-0.2, 0) is 0 Å². The maximum atomic E-state index is 10.2. The number of fused-ring (bicyclic) bond motifs is 2. The quantitative estimate of drug-likeness (QED) is 0.475. The molecule has 0 heterocycles. The first kappa shape index (κ1) is 18.7. The minimum Gasteiger partial charge on any atom is -0.427 e. The predicted octanol–water partition coefficient (Wildman–Crippen LogP) is 2.12. The van der Waals surface area contributed by atoms with Crippen LogP contribution in [0.3, 0.4) is 0 Å². The van der Waals surface area contributed by atoms with Gasteiger partial charge < -0.3 is 20.3 Å². The summed E-state index contributed by atoms with van der Waals surface area (Å²) in [6, 6.07) is 0. The molecule has 3 aliphatic rings. The van der Waals surface area contributed by atoms with Crippen LogP contribution in [0.15, 0.2) is 12.2 Å². The van der Waals surface area contributed by atoms with E-state index in [1.54, 1.807) is 13.8 Å². The van der Waals surface area contributed by atoms with E-state index in [-0.39, 0.29) is 11.2 Å². The summed E-state index contributed by atoms with van der Waals surface area (Å²) in [7, 11) is -1.25. The van der Waals surface area contributed by atoms with Crippen molar-refractivity contribution in [2.45, 2.75) is 77.3 Å². The van der Waals surface area contributed by atoms with Crippen molar-refractivity contribution in [3.63, 3.8) is 0 Å². The largest absolute Gasteiger partial charge is 0.458 e. The third-order valence-electron chi connectivity index (χ3n) is 6.04. The zero-order valence-corrected chi connectivity index (χ0v) is 14.1. The molecule has 0 aromatic carbocycles. The van der Waals surface area contributed by atoms with E-state index in [1.807, 2.05) is 6.92 Å². The molecule has 122 valence electrons. The van der Waals surface area contributed by atoms with Crippen LogP contribution in [0, 0.1) is 11.3 Å². The number of allylic oxidation sites excluding steroid dienone is 1. The van der Waals surface area contributed by atoms with Crippen molar-refractivity contribution in [3.05, 3.63) is 12.2 Å². The summed E-state index contributed by atoms with van der Waals surface area (Å²) in [6.07, 6.45) is 3.39. The van der Waals surface area contributed by atoms with Gasteiger partial charge in [0, 0.05) is 5.82 Å². The standard InChI is InChI=1S/C10H18O2.C6H13BO2/c1-8(2)7-4-5-9(3,11)10(8,12)6-7;1-4-5(2)6(3)7(8)9/h7,11-12H,4-6H2,1-3H3;6,8-9H,2,4H2,1,3H3/t7?,9?,10-;/m0./s1. The van der Waals surface area contributed by atoms with Crippen molar-refractivity contribution in [3.8, 4) is 0 Å². The molecule has 4 atom stereocenters. The fourth-order valence-corrected chi connectivity index (χ4v) is 3.65. The van der Waals surface area contributed by atoms with Crippen molar-refractivity contribution < 1.29 is 20.3 Å². The summed E-state index contributed by atoms with van der Waals surface area (Å²) in [5.41, 5.74) is -0.909. The number of rotatable bonds is 3. The van der Waals surface area contributed by atoms with Gasteiger partial charge in [0.15, 0.2) is 0 Å². The Morgan fingerprint density at radius 2 is 1.81 bits per heavy atom.